The molecule has 0 spiro atoms. The summed E-state index contributed by atoms with van der Waals surface area (Å²) in [5.74, 6) is 0.337. The Morgan fingerprint density at radius 3 is 2.48 bits per heavy atom. The molecule has 2 aromatic carbocycles. The molecule has 21 heavy (non-hydrogen) atoms. The average molecular weight is 304 g/mol. The van der Waals surface area contributed by atoms with E-state index in [0.29, 0.717) is 5.75 Å². The van der Waals surface area contributed by atoms with Gasteiger partial charge in [0.25, 0.3) is 15.7 Å². The SMILES string of the molecule is O=[N+]([O-])c1ccc2c(c1)S(=O)(=O)N=C2Oc1ccccc1. The van der Waals surface area contributed by atoms with Crippen molar-refractivity contribution < 1.29 is 18.1 Å². The highest BCUT2D eigenvalue weighted by molar-refractivity contribution is 7.90. The Morgan fingerprint density at radius 2 is 1.81 bits per heavy atom. The van der Waals surface area contributed by atoms with Crippen LogP contribution in [0.3, 0.4) is 0 Å². The van der Waals surface area contributed by atoms with Gasteiger partial charge in [-0.05, 0) is 18.2 Å². The van der Waals surface area contributed by atoms with Crippen molar-refractivity contribution in [2.45, 2.75) is 4.90 Å². The largest absolute Gasteiger partial charge is 0.438 e. The van der Waals surface area contributed by atoms with Crippen LogP contribution in [-0.2, 0) is 10.0 Å². The average Bonchev–Trinajstić information content (AvgIpc) is 2.71. The number of nitrogens with zero attached hydrogens (tertiary/aromatic N) is 2. The summed E-state index contributed by atoms with van der Waals surface area (Å²) in [4.78, 5) is 9.85. The molecular formula is C13H8N2O5S. The van der Waals surface area contributed by atoms with Gasteiger partial charge in [0, 0.05) is 12.1 Å². The molecule has 0 bridgehead atoms. The standard InChI is InChI=1S/C13H8N2O5S/c16-15(17)9-6-7-11-12(8-9)21(18,19)14-13(11)20-10-4-2-1-3-5-10/h1-8H. The van der Waals surface area contributed by atoms with Gasteiger partial charge >= 0.3 is 0 Å². The number of fused-ring (bicyclic) bond motifs is 1. The summed E-state index contributed by atoms with van der Waals surface area (Å²) in [5, 5.41) is 10.7. The van der Waals surface area contributed by atoms with Gasteiger partial charge in [0.2, 0.25) is 5.90 Å². The lowest BCUT2D eigenvalue weighted by Gasteiger charge is -2.04. The van der Waals surface area contributed by atoms with Crippen molar-refractivity contribution in [3.05, 3.63) is 64.2 Å². The summed E-state index contributed by atoms with van der Waals surface area (Å²) in [6.45, 7) is 0. The van der Waals surface area contributed by atoms with E-state index in [4.69, 9.17) is 4.74 Å². The highest BCUT2D eigenvalue weighted by Gasteiger charge is 2.32. The van der Waals surface area contributed by atoms with Crippen LogP contribution in [0.4, 0.5) is 5.69 Å². The van der Waals surface area contributed by atoms with Crippen molar-refractivity contribution >= 4 is 21.6 Å². The minimum atomic E-state index is -3.97. The van der Waals surface area contributed by atoms with E-state index in [9.17, 15) is 18.5 Å². The van der Waals surface area contributed by atoms with Crippen LogP contribution in [0.25, 0.3) is 0 Å². The molecule has 0 aliphatic carbocycles. The van der Waals surface area contributed by atoms with Gasteiger partial charge in [-0.25, -0.2) is 0 Å². The molecule has 0 unspecified atom stereocenters. The number of sulfonamides is 1. The summed E-state index contributed by atoms with van der Waals surface area (Å²) in [6.07, 6.45) is 0. The second kappa shape index (κ2) is 4.67. The number of nitro benzene ring substituents is 1. The number of para-hydroxylation sites is 1. The third-order valence-corrected chi connectivity index (χ3v) is 4.14. The van der Waals surface area contributed by atoms with E-state index in [1.165, 1.54) is 12.1 Å². The molecule has 0 radical (unpaired) electrons. The molecule has 2 aromatic rings. The summed E-state index contributed by atoms with van der Waals surface area (Å²) >= 11 is 0. The molecule has 0 atom stereocenters. The van der Waals surface area contributed by atoms with Crippen molar-refractivity contribution in [3.8, 4) is 5.75 Å². The van der Waals surface area contributed by atoms with Crippen LogP contribution < -0.4 is 4.74 Å². The zero-order valence-corrected chi connectivity index (χ0v) is 11.3. The molecular weight excluding hydrogens is 296 g/mol. The van der Waals surface area contributed by atoms with Gasteiger partial charge in [-0.1, -0.05) is 18.2 Å². The zero-order valence-electron chi connectivity index (χ0n) is 10.5. The molecule has 0 amide bonds. The summed E-state index contributed by atoms with van der Waals surface area (Å²) in [6, 6.07) is 12.1. The minimum absolute atomic E-state index is 0.0916. The maximum Gasteiger partial charge on any atom is 0.286 e. The predicted octanol–water partition coefficient (Wildman–Crippen LogP) is 2.12. The first kappa shape index (κ1) is 13.3. The summed E-state index contributed by atoms with van der Waals surface area (Å²) < 4.78 is 32.8. The number of hydrogen-bond donors (Lipinski definition) is 0. The van der Waals surface area contributed by atoms with Gasteiger partial charge < -0.3 is 4.74 Å². The Morgan fingerprint density at radius 1 is 1.10 bits per heavy atom. The fraction of sp³-hybridized carbons (Fsp3) is 0. The lowest BCUT2D eigenvalue weighted by atomic mass is 10.2. The van der Waals surface area contributed by atoms with E-state index in [1.54, 1.807) is 30.3 Å². The third kappa shape index (κ3) is 2.36. The van der Waals surface area contributed by atoms with Gasteiger partial charge in [-0.2, -0.15) is 8.42 Å². The van der Waals surface area contributed by atoms with Crippen LogP contribution in [0.1, 0.15) is 5.56 Å². The molecule has 0 N–H and O–H groups in total. The van der Waals surface area contributed by atoms with E-state index in [-0.39, 0.29) is 22.0 Å². The molecule has 1 aliphatic rings. The van der Waals surface area contributed by atoms with Gasteiger partial charge in [0.1, 0.15) is 10.6 Å². The molecule has 0 aromatic heterocycles. The minimum Gasteiger partial charge on any atom is -0.438 e. The maximum absolute atomic E-state index is 11.9. The summed E-state index contributed by atoms with van der Waals surface area (Å²) in [7, 11) is -3.97. The van der Waals surface area contributed by atoms with Gasteiger partial charge in [0.15, 0.2) is 0 Å². The first-order valence-electron chi connectivity index (χ1n) is 5.84. The number of rotatable bonds is 2. The van der Waals surface area contributed by atoms with Crippen LogP contribution >= 0.6 is 0 Å². The molecule has 1 aliphatic heterocycles. The molecule has 106 valence electrons. The first-order valence-corrected chi connectivity index (χ1v) is 7.28. The van der Waals surface area contributed by atoms with E-state index < -0.39 is 14.9 Å². The van der Waals surface area contributed by atoms with Crippen molar-refractivity contribution in [1.82, 2.24) is 0 Å². The Kier molecular flexibility index (Phi) is 2.95. The van der Waals surface area contributed by atoms with E-state index in [1.807, 2.05) is 0 Å². The van der Waals surface area contributed by atoms with Crippen molar-refractivity contribution in [2.24, 2.45) is 4.40 Å². The highest BCUT2D eigenvalue weighted by Crippen LogP contribution is 2.30. The Balaban J connectivity index is 2.06. The molecule has 0 fully saturated rings. The van der Waals surface area contributed by atoms with Crippen LogP contribution in [-0.4, -0.2) is 19.2 Å². The van der Waals surface area contributed by atoms with Crippen LogP contribution in [0.2, 0.25) is 0 Å². The molecule has 8 heteroatoms. The normalized spacial score (nSPS) is 15.1. The number of nitro groups is 1. The van der Waals surface area contributed by atoms with E-state index in [0.717, 1.165) is 6.07 Å². The fourth-order valence-electron chi connectivity index (χ4n) is 1.90. The molecule has 0 saturated heterocycles. The van der Waals surface area contributed by atoms with Gasteiger partial charge in [0.05, 0.1) is 10.5 Å². The highest BCUT2D eigenvalue weighted by atomic mass is 32.2. The van der Waals surface area contributed by atoms with Crippen LogP contribution in [0, 0.1) is 10.1 Å². The van der Waals surface area contributed by atoms with Crippen molar-refractivity contribution in [3.63, 3.8) is 0 Å². The molecule has 7 nitrogen and oxygen atoms in total. The molecule has 3 rings (SSSR count). The van der Waals surface area contributed by atoms with E-state index >= 15 is 0 Å². The lowest BCUT2D eigenvalue weighted by Crippen LogP contribution is -2.07. The second-order valence-corrected chi connectivity index (χ2v) is 5.80. The first-order chi connectivity index (χ1) is 9.97. The molecule has 1 heterocycles. The predicted molar refractivity (Wildman–Crippen MR) is 73.9 cm³/mol. The van der Waals surface area contributed by atoms with Crippen LogP contribution in [0.15, 0.2) is 57.8 Å². The number of non-ortho nitro benzene ring substituents is 1. The second-order valence-electron chi connectivity index (χ2n) is 4.22. The van der Waals surface area contributed by atoms with Crippen molar-refractivity contribution in [2.75, 3.05) is 0 Å². The monoisotopic (exact) mass is 304 g/mol. The Hall–Kier alpha value is -2.74. The maximum atomic E-state index is 11.9. The number of benzene rings is 2. The van der Waals surface area contributed by atoms with Crippen molar-refractivity contribution in [1.29, 1.82) is 0 Å². The smallest absolute Gasteiger partial charge is 0.286 e. The third-order valence-electron chi connectivity index (χ3n) is 2.85. The number of hydrogen-bond acceptors (Lipinski definition) is 5. The van der Waals surface area contributed by atoms with E-state index in [2.05, 4.69) is 4.40 Å². The fourth-order valence-corrected chi connectivity index (χ4v) is 3.05. The van der Waals surface area contributed by atoms with Gasteiger partial charge in [-0.15, -0.1) is 4.40 Å². The quantitative estimate of drug-likeness (QED) is 0.625. The Bertz CT molecular complexity index is 859. The molecule has 0 saturated carbocycles. The van der Waals surface area contributed by atoms with Gasteiger partial charge in [-0.3, -0.25) is 10.1 Å². The lowest BCUT2D eigenvalue weighted by molar-refractivity contribution is -0.385. The zero-order chi connectivity index (χ0) is 15.0. The topological polar surface area (TPSA) is 98.9 Å². The Labute approximate surface area is 119 Å². The van der Waals surface area contributed by atoms with Crippen LogP contribution in [0.5, 0.6) is 5.75 Å². The summed E-state index contributed by atoms with van der Waals surface area (Å²) in [5.41, 5.74) is -0.0991. The number of ether oxygens (including phenoxy) is 1.